The number of esters is 1. The quantitative estimate of drug-likeness (QED) is 0.346. The molecule has 0 saturated carbocycles. The van der Waals surface area contributed by atoms with Gasteiger partial charge in [-0.25, -0.2) is 9.80 Å². The topological polar surface area (TPSA) is 89.9 Å². The first-order valence-corrected chi connectivity index (χ1v) is 13.0. The summed E-state index contributed by atoms with van der Waals surface area (Å²) < 4.78 is 12.7. The Balaban J connectivity index is 1.57. The molecule has 1 fully saturated rings. The van der Waals surface area contributed by atoms with Crippen molar-refractivity contribution in [2.75, 3.05) is 33.4 Å². The second-order valence-electron chi connectivity index (χ2n) is 8.90. The lowest BCUT2D eigenvalue weighted by atomic mass is 9.96. The Morgan fingerprint density at radius 2 is 1.68 bits per heavy atom. The van der Waals surface area contributed by atoms with Crippen LogP contribution in [0.25, 0.3) is 21.9 Å². The molecule has 5 rings (SSSR count). The van der Waals surface area contributed by atoms with Gasteiger partial charge in [0.2, 0.25) is 0 Å². The Labute approximate surface area is 227 Å². The maximum atomic E-state index is 13.7. The number of nitrogens with one attached hydrogen (secondary N) is 1. The Kier molecular flexibility index (Phi) is 7.69. The molecule has 1 aliphatic rings. The first-order chi connectivity index (χ1) is 18.5. The molecule has 3 aromatic carbocycles. The van der Waals surface area contributed by atoms with Crippen molar-refractivity contribution >= 4 is 38.6 Å². The van der Waals surface area contributed by atoms with Gasteiger partial charge in [0, 0.05) is 34.1 Å². The summed E-state index contributed by atoms with van der Waals surface area (Å²) in [6.45, 7) is 2.53. The van der Waals surface area contributed by atoms with Gasteiger partial charge in [0.05, 0.1) is 26.9 Å². The molecule has 1 saturated heterocycles. The van der Waals surface area contributed by atoms with Gasteiger partial charge < -0.3 is 9.47 Å². The van der Waals surface area contributed by atoms with E-state index in [4.69, 9.17) is 9.47 Å². The van der Waals surface area contributed by atoms with Crippen LogP contribution in [0.15, 0.2) is 82.1 Å². The predicted molar refractivity (Wildman–Crippen MR) is 148 cm³/mol. The molecule has 2 heterocycles. The number of rotatable bonds is 6. The number of methoxy groups -OCH3 is 1. The molecule has 9 heteroatoms. The molecule has 0 unspecified atom stereocenters. The third-order valence-electron chi connectivity index (χ3n) is 6.50. The van der Waals surface area contributed by atoms with Crippen LogP contribution in [0.3, 0.4) is 0 Å². The Bertz CT molecular complexity index is 1550. The predicted octanol–water partition coefficient (Wildman–Crippen LogP) is 4.24. The van der Waals surface area contributed by atoms with E-state index in [1.54, 1.807) is 30.3 Å². The van der Waals surface area contributed by atoms with Gasteiger partial charge in [-0.1, -0.05) is 58.4 Å². The highest BCUT2D eigenvalue weighted by molar-refractivity contribution is 9.10. The maximum Gasteiger partial charge on any atom is 0.355 e. The van der Waals surface area contributed by atoms with E-state index in [0.29, 0.717) is 48.2 Å². The van der Waals surface area contributed by atoms with E-state index < -0.39 is 5.97 Å². The number of ether oxygens (including phenoxy) is 2. The van der Waals surface area contributed by atoms with E-state index >= 15 is 0 Å². The molecule has 1 N–H and O–H groups in total. The number of hydrogen-bond acceptors (Lipinski definition) is 6. The van der Waals surface area contributed by atoms with E-state index in [2.05, 4.69) is 21.4 Å². The van der Waals surface area contributed by atoms with Crippen LogP contribution in [-0.4, -0.2) is 54.9 Å². The number of fused-ring (bicyclic) bond motifs is 1. The van der Waals surface area contributed by atoms with Crippen molar-refractivity contribution in [2.45, 2.75) is 6.54 Å². The largest absolute Gasteiger partial charge is 0.464 e. The van der Waals surface area contributed by atoms with Crippen LogP contribution in [0.4, 0.5) is 0 Å². The summed E-state index contributed by atoms with van der Waals surface area (Å²) in [5, 5.41) is 2.98. The van der Waals surface area contributed by atoms with Gasteiger partial charge in [0.15, 0.2) is 0 Å². The van der Waals surface area contributed by atoms with Gasteiger partial charge in [0.25, 0.3) is 11.5 Å². The number of carbonyl (C=O) groups excluding carboxylic acids is 2. The minimum atomic E-state index is -0.607. The van der Waals surface area contributed by atoms with Crippen LogP contribution in [-0.2, 0) is 16.0 Å². The van der Waals surface area contributed by atoms with Crippen LogP contribution in [0, 0.1) is 0 Å². The molecular weight excluding hydrogens is 550 g/mol. The van der Waals surface area contributed by atoms with E-state index in [9.17, 15) is 14.4 Å². The van der Waals surface area contributed by atoms with E-state index in [-0.39, 0.29) is 23.7 Å². The fourth-order valence-corrected chi connectivity index (χ4v) is 4.96. The third-order valence-corrected chi connectivity index (χ3v) is 7.00. The summed E-state index contributed by atoms with van der Waals surface area (Å²) in [7, 11) is 1.30. The number of halogens is 1. The van der Waals surface area contributed by atoms with Gasteiger partial charge in [-0.15, -0.1) is 0 Å². The van der Waals surface area contributed by atoms with Crippen LogP contribution in [0.5, 0.6) is 0 Å². The minimum Gasteiger partial charge on any atom is -0.464 e. The minimum absolute atomic E-state index is 0.125. The van der Waals surface area contributed by atoms with Crippen molar-refractivity contribution in [3.63, 3.8) is 0 Å². The summed E-state index contributed by atoms with van der Waals surface area (Å²) in [5.41, 5.74) is 5.42. The summed E-state index contributed by atoms with van der Waals surface area (Å²) in [4.78, 5) is 39.6. The van der Waals surface area contributed by atoms with Gasteiger partial charge in [-0.3, -0.25) is 19.6 Å². The van der Waals surface area contributed by atoms with Crippen molar-refractivity contribution < 1.29 is 19.1 Å². The van der Waals surface area contributed by atoms with Crippen LogP contribution >= 0.6 is 15.9 Å². The average molecular weight is 576 g/mol. The molecule has 0 atom stereocenters. The second kappa shape index (κ2) is 11.3. The fraction of sp³-hybridized carbons (Fsp3) is 0.207. The molecule has 8 nitrogen and oxygen atoms in total. The molecule has 194 valence electrons. The lowest BCUT2D eigenvalue weighted by Crippen LogP contribution is -2.48. The standard InChI is InChI=1S/C29H26BrN3O5/c1-37-29(36)26-25(20-5-3-2-4-6-20)24-17-22(30)11-12-23(24)28(35)33(26)18-19-7-9-21(10-8-19)27(34)31-32-13-15-38-16-14-32/h2-12,17H,13-16,18H2,1H3,(H,31,34). The lowest BCUT2D eigenvalue weighted by molar-refractivity contribution is 0.0126. The first kappa shape index (κ1) is 25.8. The van der Waals surface area contributed by atoms with Crippen molar-refractivity contribution in [1.29, 1.82) is 0 Å². The number of amides is 1. The van der Waals surface area contributed by atoms with Gasteiger partial charge >= 0.3 is 5.97 Å². The van der Waals surface area contributed by atoms with Crippen molar-refractivity contribution in [3.05, 3.63) is 104 Å². The molecule has 1 amide bonds. The highest BCUT2D eigenvalue weighted by Crippen LogP contribution is 2.33. The molecule has 1 aromatic heterocycles. The number of aromatic nitrogens is 1. The zero-order valence-electron chi connectivity index (χ0n) is 20.8. The normalized spacial score (nSPS) is 13.8. The summed E-state index contributed by atoms with van der Waals surface area (Å²) in [6.07, 6.45) is 0. The molecule has 4 aromatic rings. The summed E-state index contributed by atoms with van der Waals surface area (Å²) in [5.74, 6) is -0.821. The molecule has 1 aliphatic heterocycles. The van der Waals surface area contributed by atoms with Gasteiger partial charge in [-0.2, -0.15) is 0 Å². The van der Waals surface area contributed by atoms with Gasteiger partial charge in [-0.05, 0) is 46.8 Å². The zero-order chi connectivity index (χ0) is 26.6. The first-order valence-electron chi connectivity index (χ1n) is 12.2. The van der Waals surface area contributed by atoms with Crippen LogP contribution < -0.4 is 11.0 Å². The van der Waals surface area contributed by atoms with E-state index in [1.807, 2.05) is 47.5 Å². The van der Waals surface area contributed by atoms with Crippen LogP contribution in [0.1, 0.15) is 26.4 Å². The Morgan fingerprint density at radius 1 is 0.974 bits per heavy atom. The zero-order valence-corrected chi connectivity index (χ0v) is 22.4. The molecule has 0 aliphatic carbocycles. The van der Waals surface area contributed by atoms with Crippen LogP contribution in [0.2, 0.25) is 0 Å². The van der Waals surface area contributed by atoms with E-state index in [1.165, 1.54) is 11.7 Å². The number of hydrazine groups is 1. The number of hydrogen-bond donors (Lipinski definition) is 1. The molecular formula is C29H26BrN3O5. The fourth-order valence-electron chi connectivity index (χ4n) is 4.60. The summed E-state index contributed by atoms with van der Waals surface area (Å²) >= 11 is 3.50. The molecule has 0 bridgehead atoms. The number of carbonyl (C=O) groups is 2. The van der Waals surface area contributed by atoms with Crippen molar-refractivity contribution in [2.24, 2.45) is 0 Å². The highest BCUT2D eigenvalue weighted by atomic mass is 79.9. The SMILES string of the molecule is COC(=O)c1c(-c2ccccc2)c2cc(Br)ccc2c(=O)n1Cc1ccc(C(=O)NN2CCOCC2)cc1. The Morgan fingerprint density at radius 3 is 2.37 bits per heavy atom. The number of benzene rings is 3. The number of nitrogens with zero attached hydrogens (tertiary/aromatic N) is 2. The van der Waals surface area contributed by atoms with E-state index in [0.717, 1.165) is 15.6 Å². The summed E-state index contributed by atoms with van der Waals surface area (Å²) in [6, 6.07) is 21.9. The van der Waals surface area contributed by atoms with Crippen molar-refractivity contribution in [1.82, 2.24) is 15.0 Å². The molecule has 0 radical (unpaired) electrons. The second-order valence-corrected chi connectivity index (χ2v) is 9.82. The maximum absolute atomic E-state index is 13.7. The lowest BCUT2D eigenvalue weighted by Gasteiger charge is -2.26. The van der Waals surface area contributed by atoms with Crippen molar-refractivity contribution in [3.8, 4) is 11.1 Å². The molecule has 38 heavy (non-hydrogen) atoms. The average Bonchev–Trinajstić information content (AvgIpc) is 2.95. The Hall–Kier alpha value is -3.79. The number of morpholine rings is 1. The number of pyridine rings is 1. The molecule has 0 spiro atoms. The third kappa shape index (κ3) is 5.26. The monoisotopic (exact) mass is 575 g/mol. The van der Waals surface area contributed by atoms with Gasteiger partial charge in [0.1, 0.15) is 5.69 Å². The smallest absolute Gasteiger partial charge is 0.355 e. The highest BCUT2D eigenvalue weighted by Gasteiger charge is 2.24.